The van der Waals surface area contributed by atoms with Gasteiger partial charge in [-0.15, -0.1) is 6.42 Å². The van der Waals surface area contributed by atoms with Gasteiger partial charge in [0.15, 0.2) is 17.6 Å². The van der Waals surface area contributed by atoms with Gasteiger partial charge in [0, 0.05) is 11.5 Å². The number of amides is 1. The van der Waals surface area contributed by atoms with Crippen LogP contribution in [0, 0.1) is 24.2 Å². The van der Waals surface area contributed by atoms with Crippen LogP contribution in [0.2, 0.25) is 0 Å². The fourth-order valence-corrected chi connectivity index (χ4v) is 5.76. The molecule has 0 spiro atoms. The van der Waals surface area contributed by atoms with E-state index in [-0.39, 0.29) is 40.8 Å². The van der Waals surface area contributed by atoms with E-state index in [1.807, 2.05) is 6.92 Å². The van der Waals surface area contributed by atoms with E-state index in [9.17, 15) is 9.18 Å². The van der Waals surface area contributed by atoms with Gasteiger partial charge in [-0.3, -0.25) is 9.79 Å². The molecule has 1 aliphatic heterocycles. The number of aromatic nitrogens is 2. The van der Waals surface area contributed by atoms with E-state index in [1.165, 1.54) is 30.6 Å². The molecule has 34 heavy (non-hydrogen) atoms. The summed E-state index contributed by atoms with van der Waals surface area (Å²) in [5, 5.41) is 0.157. The number of nitrogens with zero attached hydrogens (tertiary/aromatic N) is 3. The van der Waals surface area contributed by atoms with E-state index >= 15 is 4.39 Å². The zero-order chi connectivity index (χ0) is 25.3. The van der Waals surface area contributed by atoms with Gasteiger partial charge in [0.1, 0.15) is 16.3 Å². The Hall–Kier alpha value is -3.45. The SMILES string of the molecule is C#CCOc1cnc(/C(F)=C/C(C)=C/C=C(/F)C(=C)[C@@]2(C)N=C(N)S[C@]3(C(N)=O)[C@H]2[C@@H]3C)cn1. The van der Waals surface area contributed by atoms with Crippen LogP contribution in [0.1, 0.15) is 26.5 Å². The molecule has 0 unspecified atom stereocenters. The Balaban J connectivity index is 1.77. The summed E-state index contributed by atoms with van der Waals surface area (Å²) in [6, 6.07) is 0. The molecule has 4 atom stereocenters. The minimum atomic E-state index is -1.13. The number of aliphatic imine (C=N–C) groups is 1. The molecule has 1 fully saturated rings. The fourth-order valence-electron chi connectivity index (χ4n) is 4.27. The van der Waals surface area contributed by atoms with Crippen molar-refractivity contribution in [1.29, 1.82) is 0 Å². The predicted octanol–water partition coefficient (Wildman–Crippen LogP) is 3.47. The number of terminal acetylenes is 1. The minimum absolute atomic E-state index is 0.0165. The Bertz CT molecular complexity index is 1180. The number of carbonyl (C=O) groups excluding carboxylic acids is 1. The first kappa shape index (κ1) is 25.2. The molecule has 1 saturated carbocycles. The van der Waals surface area contributed by atoms with Crippen LogP contribution in [-0.2, 0) is 4.79 Å². The zero-order valence-electron chi connectivity index (χ0n) is 19.0. The summed E-state index contributed by atoms with van der Waals surface area (Å²) in [4.78, 5) is 24.4. The molecule has 4 N–H and O–H groups in total. The third-order valence-corrected chi connectivity index (χ3v) is 7.52. The summed E-state index contributed by atoms with van der Waals surface area (Å²) >= 11 is 1.12. The Morgan fingerprint density at radius 3 is 2.68 bits per heavy atom. The van der Waals surface area contributed by atoms with Crippen LogP contribution in [0.3, 0.4) is 0 Å². The molecule has 0 saturated heterocycles. The molecule has 7 nitrogen and oxygen atoms in total. The number of amidine groups is 1. The molecule has 10 heteroatoms. The molecule has 1 aromatic rings. The summed E-state index contributed by atoms with van der Waals surface area (Å²) in [5.41, 5.74) is 10.9. The van der Waals surface area contributed by atoms with Crippen LogP contribution < -0.4 is 16.2 Å². The molecule has 0 bridgehead atoms. The van der Waals surface area contributed by atoms with E-state index in [0.29, 0.717) is 5.57 Å². The molecule has 1 amide bonds. The average molecular weight is 486 g/mol. The smallest absolute Gasteiger partial charge is 0.234 e. The highest BCUT2D eigenvalue weighted by Gasteiger charge is 2.75. The van der Waals surface area contributed by atoms with E-state index in [1.54, 1.807) is 13.8 Å². The maximum absolute atomic E-state index is 15.1. The third-order valence-electron chi connectivity index (χ3n) is 6.06. The highest BCUT2D eigenvalue weighted by Crippen LogP contribution is 2.68. The van der Waals surface area contributed by atoms with Gasteiger partial charge in [-0.25, -0.2) is 18.7 Å². The predicted molar refractivity (Wildman–Crippen MR) is 130 cm³/mol. The number of thioether (sulfide) groups is 1. The van der Waals surface area contributed by atoms with E-state index < -0.39 is 27.8 Å². The molecule has 3 rings (SSSR count). The van der Waals surface area contributed by atoms with Crippen molar-refractivity contribution < 1.29 is 18.3 Å². The van der Waals surface area contributed by atoms with Crippen molar-refractivity contribution >= 4 is 28.7 Å². The van der Waals surface area contributed by atoms with Gasteiger partial charge >= 0.3 is 0 Å². The Morgan fingerprint density at radius 2 is 2.09 bits per heavy atom. The van der Waals surface area contributed by atoms with Gasteiger partial charge in [0.25, 0.3) is 0 Å². The molecule has 2 aliphatic rings. The molecule has 0 radical (unpaired) electrons. The molecule has 0 aromatic carbocycles. The average Bonchev–Trinajstić information content (AvgIpc) is 3.41. The van der Waals surface area contributed by atoms with Gasteiger partial charge in [0.05, 0.1) is 17.9 Å². The lowest BCUT2D eigenvalue weighted by atomic mass is 9.85. The van der Waals surface area contributed by atoms with Crippen LogP contribution in [-0.4, -0.2) is 37.9 Å². The second-order valence-electron chi connectivity index (χ2n) is 8.25. The first-order valence-electron chi connectivity index (χ1n) is 10.3. The molecular weight excluding hydrogens is 460 g/mol. The molecule has 1 aliphatic carbocycles. The number of fused-ring (bicyclic) bond motifs is 1. The van der Waals surface area contributed by atoms with Crippen molar-refractivity contribution in [2.45, 2.75) is 31.1 Å². The normalized spacial score (nSPS) is 28.9. The van der Waals surface area contributed by atoms with Gasteiger partial charge in [0.2, 0.25) is 11.8 Å². The minimum Gasteiger partial charge on any atom is -0.463 e. The molecule has 1 aromatic heterocycles. The quantitative estimate of drug-likeness (QED) is 0.430. The summed E-state index contributed by atoms with van der Waals surface area (Å²) in [6.07, 6.45) is 11.3. The van der Waals surface area contributed by atoms with Gasteiger partial charge < -0.3 is 16.2 Å². The van der Waals surface area contributed by atoms with Gasteiger partial charge in [-0.1, -0.05) is 37.3 Å². The number of allylic oxidation sites excluding steroid dienone is 4. The van der Waals surface area contributed by atoms with Crippen LogP contribution in [0.25, 0.3) is 5.83 Å². The molecule has 2 heterocycles. The summed E-state index contributed by atoms with van der Waals surface area (Å²) in [6.45, 7) is 9.04. The van der Waals surface area contributed by atoms with Crippen LogP contribution >= 0.6 is 11.8 Å². The standard InChI is InChI=1S/C24H25F2N5O2S/c1-6-9-33-19-12-29-18(11-30-19)17(26)10-13(2)7-8-16(25)14(3)23(5)20-15(4)24(20,21(27)32)34-22(28)31-23/h1,7-8,10-12,15,20H,3,9H2,2,4-5H3,(H2,27,32)(H2,28,31)/b13-7+,16-8+,17-10-/t15-,20-,23+,24-/m0/s1. The monoisotopic (exact) mass is 485 g/mol. The van der Waals surface area contributed by atoms with Crippen molar-refractivity contribution in [2.75, 3.05) is 6.61 Å². The van der Waals surface area contributed by atoms with E-state index in [0.717, 1.165) is 11.8 Å². The molecule has 178 valence electrons. The first-order valence-corrected chi connectivity index (χ1v) is 11.1. The van der Waals surface area contributed by atoms with Gasteiger partial charge in [-0.2, -0.15) is 0 Å². The topological polar surface area (TPSA) is 116 Å². The van der Waals surface area contributed by atoms with Crippen LogP contribution in [0.15, 0.2) is 59.2 Å². The number of halogens is 2. The van der Waals surface area contributed by atoms with E-state index in [2.05, 4.69) is 27.5 Å². The van der Waals surface area contributed by atoms with Crippen molar-refractivity contribution in [3.8, 4) is 18.2 Å². The number of rotatable bonds is 8. The summed E-state index contributed by atoms with van der Waals surface area (Å²) in [7, 11) is 0. The van der Waals surface area contributed by atoms with Crippen molar-refractivity contribution in [3.05, 3.63) is 59.9 Å². The molecular formula is C24H25F2N5O2S. The van der Waals surface area contributed by atoms with Crippen LogP contribution in [0.5, 0.6) is 5.88 Å². The fraction of sp³-hybridized carbons (Fsp3) is 0.333. The third kappa shape index (κ3) is 4.48. The highest BCUT2D eigenvalue weighted by molar-refractivity contribution is 8.15. The number of hydrogen-bond donors (Lipinski definition) is 2. The second-order valence-corrected chi connectivity index (χ2v) is 9.55. The lowest BCUT2D eigenvalue weighted by molar-refractivity contribution is -0.118. The lowest BCUT2D eigenvalue weighted by Crippen LogP contribution is -2.44. The number of primary amides is 1. The Kier molecular flexibility index (Phi) is 6.98. The van der Waals surface area contributed by atoms with Crippen LogP contribution in [0.4, 0.5) is 8.78 Å². The Labute approximate surface area is 201 Å². The first-order chi connectivity index (χ1) is 16.0. The number of carbonyl (C=O) groups is 1. The second kappa shape index (κ2) is 9.43. The Morgan fingerprint density at radius 1 is 1.38 bits per heavy atom. The van der Waals surface area contributed by atoms with Gasteiger partial charge in [-0.05, 0) is 37.5 Å². The zero-order valence-corrected chi connectivity index (χ0v) is 19.8. The van der Waals surface area contributed by atoms with Crippen molar-refractivity contribution in [2.24, 2.45) is 28.3 Å². The lowest BCUT2D eigenvalue weighted by Gasteiger charge is -2.33. The number of ether oxygens (including phenoxy) is 1. The largest absolute Gasteiger partial charge is 0.463 e. The maximum Gasteiger partial charge on any atom is 0.234 e. The maximum atomic E-state index is 15.1. The summed E-state index contributed by atoms with van der Waals surface area (Å²) in [5.74, 6) is 0.149. The van der Waals surface area contributed by atoms with Crippen molar-refractivity contribution in [1.82, 2.24) is 9.97 Å². The summed E-state index contributed by atoms with van der Waals surface area (Å²) < 4.78 is 33.8. The number of nitrogens with two attached hydrogens (primary N) is 2. The number of hydrogen-bond acceptors (Lipinski definition) is 7. The van der Waals surface area contributed by atoms with E-state index in [4.69, 9.17) is 22.6 Å². The van der Waals surface area contributed by atoms with Crippen molar-refractivity contribution in [3.63, 3.8) is 0 Å². The highest BCUT2D eigenvalue weighted by atomic mass is 32.2.